The zero-order valence-corrected chi connectivity index (χ0v) is 13.7. The molecule has 6 nitrogen and oxygen atoms in total. The second-order valence-electron chi connectivity index (χ2n) is 7.18. The first-order chi connectivity index (χ1) is 9.72. The lowest BCUT2D eigenvalue weighted by atomic mass is 9.80. The molecule has 1 heterocycles. The van der Waals surface area contributed by atoms with E-state index in [4.69, 9.17) is 10.9 Å². The Hall–Kier alpha value is -1.30. The molecule has 1 aliphatic heterocycles. The van der Waals surface area contributed by atoms with E-state index in [1.165, 1.54) is 0 Å². The summed E-state index contributed by atoms with van der Waals surface area (Å²) in [6.45, 7) is 10.8. The van der Waals surface area contributed by atoms with Gasteiger partial charge in [-0.05, 0) is 24.2 Å². The van der Waals surface area contributed by atoms with Crippen LogP contribution in [0, 0.1) is 11.3 Å². The van der Waals surface area contributed by atoms with Crippen LogP contribution in [0.4, 0.5) is 0 Å². The minimum atomic E-state index is 0.146. The van der Waals surface area contributed by atoms with Crippen molar-refractivity contribution < 1.29 is 10.0 Å². The largest absolute Gasteiger partial charge is 0.409 e. The Bertz CT molecular complexity index is 368. The SMILES string of the molecule is CC(CC(=O)NC1CCN(CC(N)=NO)CC1)C(C)(C)C. The average molecular weight is 298 g/mol. The zero-order chi connectivity index (χ0) is 16.0. The van der Waals surface area contributed by atoms with Gasteiger partial charge in [0.1, 0.15) is 0 Å². The number of amidine groups is 1. The smallest absolute Gasteiger partial charge is 0.220 e. The van der Waals surface area contributed by atoms with Gasteiger partial charge in [-0.3, -0.25) is 9.69 Å². The Labute approximate surface area is 127 Å². The summed E-state index contributed by atoms with van der Waals surface area (Å²) in [5.41, 5.74) is 5.66. The van der Waals surface area contributed by atoms with Gasteiger partial charge in [-0.15, -0.1) is 0 Å². The van der Waals surface area contributed by atoms with Crippen molar-refractivity contribution in [1.82, 2.24) is 10.2 Å². The van der Waals surface area contributed by atoms with Gasteiger partial charge in [-0.2, -0.15) is 0 Å². The van der Waals surface area contributed by atoms with Gasteiger partial charge in [-0.25, -0.2) is 0 Å². The molecule has 1 unspecified atom stereocenters. The molecule has 1 saturated heterocycles. The number of amides is 1. The minimum absolute atomic E-state index is 0.146. The van der Waals surface area contributed by atoms with Gasteiger partial charge in [0.2, 0.25) is 5.91 Å². The first kappa shape index (κ1) is 17.8. The third kappa shape index (κ3) is 6.33. The third-order valence-electron chi connectivity index (χ3n) is 4.44. The Morgan fingerprint density at radius 2 is 2.00 bits per heavy atom. The van der Waals surface area contributed by atoms with Crippen LogP contribution in [0.25, 0.3) is 0 Å². The molecule has 1 fully saturated rings. The number of nitrogens with one attached hydrogen (secondary N) is 1. The van der Waals surface area contributed by atoms with Crippen molar-refractivity contribution in [1.29, 1.82) is 0 Å². The van der Waals surface area contributed by atoms with Gasteiger partial charge in [0.25, 0.3) is 0 Å². The van der Waals surface area contributed by atoms with Crippen LogP contribution in [-0.4, -0.2) is 47.5 Å². The first-order valence-corrected chi connectivity index (χ1v) is 7.70. The number of nitrogens with two attached hydrogens (primary N) is 1. The second kappa shape index (κ2) is 7.64. The molecular weight excluding hydrogens is 268 g/mol. The van der Waals surface area contributed by atoms with Gasteiger partial charge >= 0.3 is 0 Å². The monoisotopic (exact) mass is 298 g/mol. The molecule has 1 atom stereocenters. The number of hydrogen-bond donors (Lipinski definition) is 3. The minimum Gasteiger partial charge on any atom is -0.409 e. The lowest BCUT2D eigenvalue weighted by Crippen LogP contribution is -2.47. The summed E-state index contributed by atoms with van der Waals surface area (Å²) in [4.78, 5) is 14.2. The van der Waals surface area contributed by atoms with Crippen molar-refractivity contribution in [3.63, 3.8) is 0 Å². The average Bonchev–Trinajstić information content (AvgIpc) is 2.39. The summed E-state index contributed by atoms with van der Waals surface area (Å²) in [5, 5.41) is 14.7. The lowest BCUT2D eigenvalue weighted by Gasteiger charge is -2.33. The summed E-state index contributed by atoms with van der Waals surface area (Å²) in [5.74, 6) is 0.738. The van der Waals surface area contributed by atoms with Crippen LogP contribution in [0.1, 0.15) is 47.0 Å². The third-order valence-corrected chi connectivity index (χ3v) is 4.44. The van der Waals surface area contributed by atoms with Crippen LogP contribution < -0.4 is 11.1 Å². The molecule has 0 spiro atoms. The molecular formula is C15H30N4O2. The molecule has 6 heteroatoms. The highest BCUT2D eigenvalue weighted by atomic mass is 16.4. The number of piperidine rings is 1. The molecule has 0 saturated carbocycles. The summed E-state index contributed by atoms with van der Waals surface area (Å²) >= 11 is 0. The molecule has 21 heavy (non-hydrogen) atoms. The van der Waals surface area contributed by atoms with Crippen molar-refractivity contribution >= 4 is 11.7 Å². The topological polar surface area (TPSA) is 91.0 Å². The van der Waals surface area contributed by atoms with Crippen LogP contribution in [0.5, 0.6) is 0 Å². The van der Waals surface area contributed by atoms with E-state index in [1.807, 2.05) is 0 Å². The van der Waals surface area contributed by atoms with Gasteiger partial charge in [0.15, 0.2) is 5.84 Å². The van der Waals surface area contributed by atoms with Crippen LogP contribution in [0.15, 0.2) is 5.16 Å². The maximum absolute atomic E-state index is 12.1. The second-order valence-corrected chi connectivity index (χ2v) is 7.18. The van der Waals surface area contributed by atoms with Gasteiger partial charge in [0, 0.05) is 25.6 Å². The number of carbonyl (C=O) groups excluding carboxylic acids is 1. The van der Waals surface area contributed by atoms with Crippen LogP contribution in [0.2, 0.25) is 0 Å². The molecule has 0 aliphatic carbocycles. The Morgan fingerprint density at radius 1 is 1.43 bits per heavy atom. The van der Waals surface area contributed by atoms with Crippen LogP contribution in [0.3, 0.4) is 0 Å². The summed E-state index contributed by atoms with van der Waals surface area (Å²) in [7, 11) is 0. The number of nitrogens with zero attached hydrogens (tertiary/aromatic N) is 2. The number of carbonyl (C=O) groups is 1. The van der Waals surface area contributed by atoms with E-state index in [0.717, 1.165) is 25.9 Å². The molecule has 0 aromatic heterocycles. The van der Waals surface area contributed by atoms with Gasteiger partial charge < -0.3 is 16.3 Å². The highest BCUT2D eigenvalue weighted by molar-refractivity contribution is 5.81. The van der Waals surface area contributed by atoms with E-state index in [0.29, 0.717) is 18.9 Å². The predicted molar refractivity (Wildman–Crippen MR) is 84.2 cm³/mol. The molecule has 0 aromatic carbocycles. The highest BCUT2D eigenvalue weighted by Gasteiger charge is 2.25. The van der Waals surface area contributed by atoms with Crippen molar-refractivity contribution in [2.45, 2.75) is 53.0 Å². The van der Waals surface area contributed by atoms with Crippen LogP contribution >= 0.6 is 0 Å². The number of hydrogen-bond acceptors (Lipinski definition) is 4. The molecule has 122 valence electrons. The maximum Gasteiger partial charge on any atom is 0.220 e. The number of likely N-dealkylation sites (tertiary alicyclic amines) is 1. The fraction of sp³-hybridized carbons (Fsp3) is 0.867. The molecule has 1 rings (SSSR count). The van der Waals surface area contributed by atoms with Crippen molar-refractivity contribution in [2.24, 2.45) is 22.2 Å². The predicted octanol–water partition coefficient (Wildman–Crippen LogP) is 1.39. The highest BCUT2D eigenvalue weighted by Crippen LogP contribution is 2.27. The Balaban J connectivity index is 2.31. The zero-order valence-electron chi connectivity index (χ0n) is 13.7. The first-order valence-electron chi connectivity index (χ1n) is 7.70. The van der Waals surface area contributed by atoms with Crippen LogP contribution in [-0.2, 0) is 4.79 Å². The van der Waals surface area contributed by atoms with E-state index >= 15 is 0 Å². The van der Waals surface area contributed by atoms with Gasteiger partial charge in [0.05, 0.1) is 6.54 Å². The van der Waals surface area contributed by atoms with Crippen molar-refractivity contribution in [2.75, 3.05) is 19.6 Å². The normalized spacial score (nSPS) is 20.3. The molecule has 1 aliphatic rings. The van der Waals surface area contributed by atoms with Crippen molar-refractivity contribution in [3.8, 4) is 0 Å². The molecule has 1 amide bonds. The van der Waals surface area contributed by atoms with Crippen molar-refractivity contribution in [3.05, 3.63) is 0 Å². The standard InChI is InChI=1S/C15H30N4O2/c1-11(15(2,3)4)9-14(20)17-12-5-7-19(8-6-12)10-13(16)18-21/h11-12,21H,5-10H2,1-4H3,(H2,16,18)(H,17,20). The summed E-state index contributed by atoms with van der Waals surface area (Å²) in [6.07, 6.45) is 2.40. The van der Waals surface area contributed by atoms with E-state index in [1.54, 1.807) is 0 Å². The van der Waals surface area contributed by atoms with Gasteiger partial charge in [-0.1, -0.05) is 32.9 Å². The fourth-order valence-electron chi connectivity index (χ4n) is 2.37. The Morgan fingerprint density at radius 3 is 2.48 bits per heavy atom. The van der Waals surface area contributed by atoms with E-state index in [-0.39, 0.29) is 23.2 Å². The van der Waals surface area contributed by atoms with E-state index < -0.39 is 0 Å². The maximum atomic E-state index is 12.1. The van der Waals surface area contributed by atoms with E-state index in [2.05, 4.69) is 43.1 Å². The molecule has 0 radical (unpaired) electrons. The molecule has 0 bridgehead atoms. The lowest BCUT2D eigenvalue weighted by molar-refractivity contribution is -0.123. The summed E-state index contributed by atoms with van der Waals surface area (Å²) < 4.78 is 0. The number of oxime groups is 1. The summed E-state index contributed by atoms with van der Waals surface area (Å²) in [6, 6.07) is 0.244. The number of rotatable bonds is 5. The molecule has 0 aromatic rings. The quantitative estimate of drug-likeness (QED) is 0.309. The Kier molecular flexibility index (Phi) is 6.45. The fourth-order valence-corrected chi connectivity index (χ4v) is 2.37. The molecule has 4 N–H and O–H groups in total. The van der Waals surface area contributed by atoms with E-state index in [9.17, 15) is 4.79 Å².